The summed E-state index contributed by atoms with van der Waals surface area (Å²) in [4.78, 5) is 72.6. The van der Waals surface area contributed by atoms with E-state index < -0.39 is 97.5 Å². The summed E-state index contributed by atoms with van der Waals surface area (Å²) < 4.78 is 68.3. The van der Waals surface area contributed by atoms with Crippen LogP contribution in [-0.4, -0.2) is 96.7 Å². The largest absolute Gasteiger partial charge is 0.472 e. The van der Waals surface area contributed by atoms with E-state index in [2.05, 4.69) is 55.4 Å². The minimum absolute atomic E-state index is 0.105. The van der Waals surface area contributed by atoms with Crippen molar-refractivity contribution in [2.75, 3.05) is 39.6 Å². The van der Waals surface area contributed by atoms with Crippen LogP contribution in [0.4, 0.5) is 0 Å². The van der Waals surface area contributed by atoms with Crippen molar-refractivity contribution in [3.8, 4) is 0 Å². The molecule has 0 aliphatic carbocycles. The van der Waals surface area contributed by atoms with Gasteiger partial charge >= 0.3 is 39.5 Å². The highest BCUT2D eigenvalue weighted by atomic mass is 31.2. The number of unbranched alkanes of at least 4 members (excludes halogenated alkanes) is 32. The van der Waals surface area contributed by atoms with Gasteiger partial charge in [-0.1, -0.05) is 299 Å². The van der Waals surface area contributed by atoms with E-state index in [4.69, 9.17) is 37.0 Å². The standard InChI is InChI=1S/C71H138O17P2/c1-9-63(7)49-41-33-25-19-16-17-21-27-38-46-54-71(76)88-67(58-82-69(74)52-44-36-30-29-34-42-50-64(8)10-2)60-86-90(79,80)84-56-65(72)55-83-89(77,78)85-59-66(57-81-68(73)51-43-35-28-22-24-32-40-48-62(5)6)87-70(75)53-45-37-26-20-15-13-11-12-14-18-23-31-39-47-61(3)4/h61-67,72H,9-60H2,1-8H3,(H,77,78)(H,79,80)/t63?,64?,65?,66-,67-/m1/s1. The molecule has 0 aliphatic heterocycles. The number of phosphoric acid groups is 2. The van der Waals surface area contributed by atoms with Crippen LogP contribution in [0.15, 0.2) is 0 Å². The Bertz CT molecular complexity index is 1790. The van der Waals surface area contributed by atoms with E-state index in [-0.39, 0.29) is 25.7 Å². The average molecular weight is 1330 g/mol. The minimum Gasteiger partial charge on any atom is -0.462 e. The molecular formula is C71H138O17P2. The zero-order chi connectivity index (χ0) is 66.8. The summed E-state index contributed by atoms with van der Waals surface area (Å²) in [6.45, 7) is 14.1. The summed E-state index contributed by atoms with van der Waals surface area (Å²) in [5.74, 6) is 0.896. The first-order valence-corrected chi connectivity index (χ1v) is 39.8. The van der Waals surface area contributed by atoms with Gasteiger partial charge in [0, 0.05) is 25.7 Å². The van der Waals surface area contributed by atoms with Gasteiger partial charge in [-0.25, -0.2) is 9.13 Å². The summed E-state index contributed by atoms with van der Waals surface area (Å²) in [5.41, 5.74) is 0. The van der Waals surface area contributed by atoms with Crippen LogP contribution in [0.5, 0.6) is 0 Å². The van der Waals surface area contributed by atoms with Crippen LogP contribution in [0, 0.1) is 23.7 Å². The van der Waals surface area contributed by atoms with Crippen LogP contribution in [-0.2, 0) is 65.4 Å². The maximum absolute atomic E-state index is 13.0. The van der Waals surface area contributed by atoms with Crippen molar-refractivity contribution in [1.29, 1.82) is 0 Å². The summed E-state index contributed by atoms with van der Waals surface area (Å²) in [6, 6.07) is 0. The lowest BCUT2D eigenvalue weighted by molar-refractivity contribution is -0.161. The Morgan fingerprint density at radius 2 is 0.533 bits per heavy atom. The molecule has 90 heavy (non-hydrogen) atoms. The highest BCUT2D eigenvalue weighted by molar-refractivity contribution is 7.47. The Labute approximate surface area is 549 Å². The maximum Gasteiger partial charge on any atom is 0.472 e. The number of carbonyl (C=O) groups excluding carboxylic acids is 4. The van der Waals surface area contributed by atoms with Gasteiger partial charge in [0.2, 0.25) is 0 Å². The molecule has 7 atom stereocenters. The number of aliphatic hydroxyl groups excluding tert-OH is 1. The minimum atomic E-state index is -4.95. The fourth-order valence-corrected chi connectivity index (χ4v) is 12.2. The smallest absolute Gasteiger partial charge is 0.462 e. The molecule has 0 aromatic rings. The molecule has 534 valence electrons. The second-order valence-corrected chi connectivity index (χ2v) is 30.0. The zero-order valence-electron chi connectivity index (χ0n) is 58.8. The maximum atomic E-state index is 13.0. The molecule has 19 heteroatoms. The van der Waals surface area contributed by atoms with E-state index in [0.717, 1.165) is 120 Å². The summed E-state index contributed by atoms with van der Waals surface area (Å²) in [5, 5.41) is 10.6. The van der Waals surface area contributed by atoms with Gasteiger partial charge in [0.15, 0.2) is 12.2 Å². The fraction of sp³-hybridized carbons (Fsp3) is 0.944. The van der Waals surface area contributed by atoms with Gasteiger partial charge < -0.3 is 33.8 Å². The van der Waals surface area contributed by atoms with Crippen molar-refractivity contribution in [3.63, 3.8) is 0 Å². The van der Waals surface area contributed by atoms with Crippen LogP contribution in [0.1, 0.15) is 351 Å². The molecule has 0 aliphatic rings. The SMILES string of the molecule is CCC(C)CCCCCCCCCCCCC(=O)O[C@H](COC(=O)CCCCCCCCC(C)CC)COP(=O)(O)OCC(O)COP(=O)(O)OC[C@@H](COC(=O)CCCCCCCCCC(C)C)OC(=O)CCCCCCCCCCCCCCCC(C)C. The molecule has 17 nitrogen and oxygen atoms in total. The molecule has 0 fully saturated rings. The first-order valence-electron chi connectivity index (χ1n) is 36.8. The molecule has 0 amide bonds. The van der Waals surface area contributed by atoms with Gasteiger partial charge in [-0.05, 0) is 49.4 Å². The Morgan fingerprint density at radius 3 is 0.789 bits per heavy atom. The molecule has 0 radical (unpaired) electrons. The Kier molecular flexibility index (Phi) is 59.4. The number of esters is 4. The van der Waals surface area contributed by atoms with E-state index in [0.29, 0.717) is 31.6 Å². The van der Waals surface area contributed by atoms with Gasteiger partial charge in [0.1, 0.15) is 19.3 Å². The highest BCUT2D eigenvalue weighted by Gasteiger charge is 2.30. The quantitative estimate of drug-likeness (QED) is 0.0222. The summed E-state index contributed by atoms with van der Waals surface area (Å²) >= 11 is 0. The van der Waals surface area contributed by atoms with Crippen LogP contribution in [0.2, 0.25) is 0 Å². The van der Waals surface area contributed by atoms with E-state index in [1.54, 1.807) is 0 Å². The summed E-state index contributed by atoms with van der Waals surface area (Å²) in [6.07, 6.45) is 43.1. The van der Waals surface area contributed by atoms with Gasteiger partial charge in [0.05, 0.1) is 26.4 Å². The second-order valence-electron chi connectivity index (χ2n) is 27.1. The van der Waals surface area contributed by atoms with Gasteiger partial charge in [0.25, 0.3) is 0 Å². The number of aliphatic hydroxyl groups is 1. The predicted molar refractivity (Wildman–Crippen MR) is 363 cm³/mol. The lowest BCUT2D eigenvalue weighted by Gasteiger charge is -2.21. The number of hydrogen-bond acceptors (Lipinski definition) is 15. The van der Waals surface area contributed by atoms with E-state index in [1.165, 1.54) is 141 Å². The molecule has 0 rings (SSSR count). The van der Waals surface area contributed by atoms with Crippen LogP contribution in [0.3, 0.4) is 0 Å². The molecule has 0 saturated carbocycles. The molecule has 0 bridgehead atoms. The molecule has 5 unspecified atom stereocenters. The number of hydrogen-bond donors (Lipinski definition) is 3. The zero-order valence-corrected chi connectivity index (χ0v) is 60.6. The van der Waals surface area contributed by atoms with Crippen LogP contribution in [0.25, 0.3) is 0 Å². The predicted octanol–water partition coefficient (Wildman–Crippen LogP) is 20.1. The van der Waals surface area contributed by atoms with Crippen LogP contribution < -0.4 is 0 Å². The van der Waals surface area contributed by atoms with Crippen LogP contribution >= 0.6 is 15.6 Å². The van der Waals surface area contributed by atoms with Gasteiger partial charge in [-0.2, -0.15) is 0 Å². The topological polar surface area (TPSA) is 237 Å². The third-order valence-electron chi connectivity index (χ3n) is 17.0. The van der Waals surface area contributed by atoms with Crippen molar-refractivity contribution >= 4 is 39.5 Å². The third-order valence-corrected chi connectivity index (χ3v) is 18.9. The van der Waals surface area contributed by atoms with Gasteiger partial charge in [-0.3, -0.25) is 37.3 Å². The van der Waals surface area contributed by atoms with Crippen molar-refractivity contribution in [1.82, 2.24) is 0 Å². The molecule has 0 aromatic heterocycles. The first-order chi connectivity index (χ1) is 43.2. The number of rotatable bonds is 68. The van der Waals surface area contributed by atoms with Crippen molar-refractivity contribution < 1.29 is 80.2 Å². The molecule has 0 spiro atoms. The molecule has 0 aromatic carbocycles. The third kappa shape index (κ3) is 62.2. The number of phosphoric ester groups is 2. The number of ether oxygens (including phenoxy) is 4. The van der Waals surface area contributed by atoms with E-state index in [9.17, 15) is 43.2 Å². The van der Waals surface area contributed by atoms with Crippen molar-refractivity contribution in [3.05, 3.63) is 0 Å². The van der Waals surface area contributed by atoms with E-state index in [1.807, 2.05) is 0 Å². The lowest BCUT2D eigenvalue weighted by Crippen LogP contribution is -2.30. The Morgan fingerprint density at radius 1 is 0.311 bits per heavy atom. The molecular weight excluding hydrogens is 1190 g/mol. The second kappa shape index (κ2) is 60.7. The summed E-state index contributed by atoms with van der Waals surface area (Å²) in [7, 11) is -9.90. The fourth-order valence-electron chi connectivity index (χ4n) is 10.6. The highest BCUT2D eigenvalue weighted by Crippen LogP contribution is 2.45. The molecule has 0 saturated heterocycles. The van der Waals surface area contributed by atoms with Crippen molar-refractivity contribution in [2.45, 2.75) is 369 Å². The van der Waals surface area contributed by atoms with Crippen molar-refractivity contribution in [2.24, 2.45) is 23.7 Å². The average Bonchev–Trinajstić information content (AvgIpc) is 2.64. The first kappa shape index (κ1) is 88.1. The Hall–Kier alpha value is -1.94. The normalized spacial score (nSPS) is 14.9. The van der Waals surface area contributed by atoms with Gasteiger partial charge in [-0.15, -0.1) is 0 Å². The molecule has 3 N–H and O–H groups in total. The lowest BCUT2D eigenvalue weighted by atomic mass is 9.99. The van der Waals surface area contributed by atoms with E-state index >= 15 is 0 Å². The number of carbonyl (C=O) groups is 4. The monoisotopic (exact) mass is 1320 g/mol. The Balaban J connectivity index is 5.25. The molecule has 0 heterocycles.